The number of ether oxygens (including phenoxy) is 1. The van der Waals surface area contributed by atoms with E-state index < -0.39 is 0 Å². The summed E-state index contributed by atoms with van der Waals surface area (Å²) in [7, 11) is 0. The van der Waals surface area contributed by atoms with Gasteiger partial charge in [0.15, 0.2) is 0 Å². The highest BCUT2D eigenvalue weighted by Crippen LogP contribution is 2.19. The Kier molecular flexibility index (Phi) is 4.03. The predicted octanol–water partition coefficient (Wildman–Crippen LogP) is 1.34. The van der Waals surface area contributed by atoms with Gasteiger partial charge >= 0.3 is 0 Å². The van der Waals surface area contributed by atoms with Crippen molar-refractivity contribution in [2.75, 3.05) is 19.8 Å². The molecule has 1 aromatic carbocycles. The Hall–Kier alpha value is -1.39. The molecule has 4 nitrogen and oxygen atoms in total. The van der Waals surface area contributed by atoms with Crippen LogP contribution in [-0.4, -0.2) is 42.6 Å². The van der Waals surface area contributed by atoms with Crippen LogP contribution < -0.4 is 5.32 Å². The number of morpholine rings is 1. The normalized spacial score (nSPS) is 26.1. The summed E-state index contributed by atoms with van der Waals surface area (Å²) >= 11 is 0. The predicted molar refractivity (Wildman–Crippen MR) is 77.4 cm³/mol. The van der Waals surface area contributed by atoms with Gasteiger partial charge in [-0.15, -0.1) is 0 Å². The first-order valence-electron chi connectivity index (χ1n) is 7.48. The number of hydrogen-bond acceptors (Lipinski definition) is 3. The summed E-state index contributed by atoms with van der Waals surface area (Å²) in [6, 6.07) is 8.51. The van der Waals surface area contributed by atoms with Crippen LogP contribution in [0.4, 0.5) is 0 Å². The fourth-order valence-electron chi connectivity index (χ4n) is 3.11. The van der Waals surface area contributed by atoms with Crippen LogP contribution in [0, 0.1) is 0 Å². The molecule has 108 valence electrons. The quantitative estimate of drug-likeness (QED) is 0.885. The van der Waals surface area contributed by atoms with Crippen molar-refractivity contribution in [1.29, 1.82) is 0 Å². The Morgan fingerprint density at radius 1 is 1.40 bits per heavy atom. The molecule has 2 unspecified atom stereocenters. The van der Waals surface area contributed by atoms with Gasteiger partial charge in [0.05, 0.1) is 25.3 Å². The summed E-state index contributed by atoms with van der Waals surface area (Å²) in [6.07, 6.45) is 1.75. The van der Waals surface area contributed by atoms with E-state index in [4.69, 9.17) is 4.74 Å². The molecule has 2 heterocycles. The molecule has 0 bridgehead atoms. The Morgan fingerprint density at radius 3 is 3.00 bits per heavy atom. The van der Waals surface area contributed by atoms with Gasteiger partial charge in [0.1, 0.15) is 0 Å². The van der Waals surface area contributed by atoms with Gasteiger partial charge in [0, 0.05) is 13.1 Å². The molecule has 1 saturated heterocycles. The van der Waals surface area contributed by atoms with E-state index >= 15 is 0 Å². The second kappa shape index (κ2) is 5.94. The standard InChI is InChI=1S/C16H22N2O2/c1-2-14-11-20-8-7-18(14)16(19)15-9-12-5-3-4-6-13(12)10-17-15/h3-6,14-15,17H,2,7-11H2,1H3. The number of nitrogens with one attached hydrogen (secondary N) is 1. The minimum Gasteiger partial charge on any atom is -0.377 e. The van der Waals surface area contributed by atoms with E-state index in [1.54, 1.807) is 0 Å². The van der Waals surface area contributed by atoms with E-state index in [0.29, 0.717) is 13.2 Å². The largest absolute Gasteiger partial charge is 0.377 e. The number of amides is 1. The van der Waals surface area contributed by atoms with Crippen molar-refractivity contribution >= 4 is 5.91 Å². The zero-order chi connectivity index (χ0) is 13.9. The van der Waals surface area contributed by atoms with Gasteiger partial charge < -0.3 is 15.0 Å². The summed E-state index contributed by atoms with van der Waals surface area (Å²) in [6.45, 7) is 4.95. The van der Waals surface area contributed by atoms with Gasteiger partial charge in [-0.25, -0.2) is 0 Å². The molecular weight excluding hydrogens is 252 g/mol. The van der Waals surface area contributed by atoms with Crippen LogP contribution in [0.25, 0.3) is 0 Å². The first-order chi connectivity index (χ1) is 9.79. The highest BCUT2D eigenvalue weighted by atomic mass is 16.5. The van der Waals surface area contributed by atoms with E-state index in [-0.39, 0.29) is 18.0 Å². The van der Waals surface area contributed by atoms with Gasteiger partial charge in [-0.3, -0.25) is 4.79 Å². The summed E-state index contributed by atoms with van der Waals surface area (Å²) in [4.78, 5) is 14.7. The van der Waals surface area contributed by atoms with E-state index in [2.05, 4.69) is 36.5 Å². The molecule has 4 heteroatoms. The van der Waals surface area contributed by atoms with Crippen molar-refractivity contribution in [3.63, 3.8) is 0 Å². The highest BCUT2D eigenvalue weighted by molar-refractivity contribution is 5.83. The Morgan fingerprint density at radius 2 is 2.20 bits per heavy atom. The van der Waals surface area contributed by atoms with E-state index in [9.17, 15) is 4.79 Å². The maximum absolute atomic E-state index is 12.7. The molecule has 1 aromatic rings. The van der Waals surface area contributed by atoms with Gasteiger partial charge in [-0.1, -0.05) is 31.2 Å². The molecule has 0 aromatic heterocycles. The molecule has 2 aliphatic heterocycles. The molecular formula is C16H22N2O2. The molecule has 0 saturated carbocycles. The molecule has 1 amide bonds. The topological polar surface area (TPSA) is 41.6 Å². The zero-order valence-corrected chi connectivity index (χ0v) is 12.0. The van der Waals surface area contributed by atoms with Crippen LogP contribution in [0.1, 0.15) is 24.5 Å². The SMILES string of the molecule is CCC1COCCN1C(=O)C1Cc2ccccc2CN1. The Balaban J connectivity index is 1.72. The lowest BCUT2D eigenvalue weighted by atomic mass is 9.94. The molecule has 0 spiro atoms. The van der Waals surface area contributed by atoms with Gasteiger partial charge in [-0.05, 0) is 24.0 Å². The average molecular weight is 274 g/mol. The van der Waals surface area contributed by atoms with Crippen molar-refractivity contribution in [2.45, 2.75) is 38.4 Å². The number of fused-ring (bicyclic) bond motifs is 1. The van der Waals surface area contributed by atoms with Crippen LogP contribution in [0.2, 0.25) is 0 Å². The zero-order valence-electron chi connectivity index (χ0n) is 12.0. The number of nitrogens with zero attached hydrogens (tertiary/aromatic N) is 1. The molecule has 20 heavy (non-hydrogen) atoms. The maximum Gasteiger partial charge on any atom is 0.240 e. The molecule has 1 N–H and O–H groups in total. The highest BCUT2D eigenvalue weighted by Gasteiger charge is 2.32. The summed E-state index contributed by atoms with van der Waals surface area (Å²) < 4.78 is 5.48. The van der Waals surface area contributed by atoms with Gasteiger partial charge in [0.2, 0.25) is 5.91 Å². The third kappa shape index (κ3) is 2.58. The van der Waals surface area contributed by atoms with Gasteiger partial charge in [-0.2, -0.15) is 0 Å². The second-order valence-electron chi connectivity index (χ2n) is 5.57. The van der Waals surface area contributed by atoms with Crippen LogP contribution in [-0.2, 0) is 22.5 Å². The number of carbonyl (C=O) groups excluding carboxylic acids is 1. The minimum absolute atomic E-state index is 0.0861. The minimum atomic E-state index is -0.0861. The van der Waals surface area contributed by atoms with Crippen molar-refractivity contribution in [3.05, 3.63) is 35.4 Å². The van der Waals surface area contributed by atoms with Gasteiger partial charge in [0.25, 0.3) is 0 Å². The summed E-state index contributed by atoms with van der Waals surface area (Å²) in [5.74, 6) is 0.231. The second-order valence-corrected chi connectivity index (χ2v) is 5.57. The molecule has 3 rings (SSSR count). The third-order valence-corrected chi connectivity index (χ3v) is 4.36. The van der Waals surface area contributed by atoms with Crippen LogP contribution >= 0.6 is 0 Å². The van der Waals surface area contributed by atoms with Crippen molar-refractivity contribution < 1.29 is 9.53 Å². The maximum atomic E-state index is 12.7. The number of hydrogen-bond donors (Lipinski definition) is 1. The van der Waals surface area contributed by atoms with Crippen LogP contribution in [0.5, 0.6) is 0 Å². The smallest absolute Gasteiger partial charge is 0.240 e. The fraction of sp³-hybridized carbons (Fsp3) is 0.562. The van der Waals surface area contributed by atoms with Crippen LogP contribution in [0.15, 0.2) is 24.3 Å². The monoisotopic (exact) mass is 274 g/mol. The summed E-state index contributed by atoms with van der Waals surface area (Å²) in [5.41, 5.74) is 2.61. The molecule has 0 aliphatic carbocycles. The average Bonchev–Trinajstić information content (AvgIpc) is 2.53. The van der Waals surface area contributed by atoms with E-state index in [1.807, 2.05) is 4.90 Å². The number of carbonyl (C=O) groups is 1. The Labute approximate surface area is 120 Å². The first-order valence-corrected chi connectivity index (χ1v) is 7.48. The molecule has 0 radical (unpaired) electrons. The lowest BCUT2D eigenvalue weighted by molar-refractivity contribution is -0.142. The van der Waals surface area contributed by atoms with E-state index in [0.717, 1.165) is 25.9 Å². The fourth-order valence-corrected chi connectivity index (χ4v) is 3.11. The van der Waals surface area contributed by atoms with Crippen molar-refractivity contribution in [2.24, 2.45) is 0 Å². The lowest BCUT2D eigenvalue weighted by Gasteiger charge is -2.38. The summed E-state index contributed by atoms with van der Waals surface area (Å²) in [5, 5.41) is 3.38. The number of benzene rings is 1. The third-order valence-electron chi connectivity index (χ3n) is 4.36. The van der Waals surface area contributed by atoms with Crippen molar-refractivity contribution in [1.82, 2.24) is 10.2 Å². The van der Waals surface area contributed by atoms with Crippen molar-refractivity contribution in [3.8, 4) is 0 Å². The lowest BCUT2D eigenvalue weighted by Crippen LogP contribution is -2.56. The molecule has 2 atom stereocenters. The molecule has 1 fully saturated rings. The molecule has 2 aliphatic rings. The Bertz CT molecular complexity index is 489. The first kappa shape index (κ1) is 13.6. The van der Waals surface area contributed by atoms with Crippen LogP contribution in [0.3, 0.4) is 0 Å². The number of rotatable bonds is 2. The van der Waals surface area contributed by atoms with E-state index in [1.165, 1.54) is 11.1 Å².